The monoisotopic (exact) mass is 456 g/mol. The van der Waals surface area contributed by atoms with E-state index in [2.05, 4.69) is 118 Å². The Morgan fingerprint density at radius 3 is 2.00 bits per heavy atom. The molecule has 2 aliphatic rings. The molecule has 4 rings (SSSR count). The second-order valence-corrected chi connectivity index (χ2v) is 18.1. The molecule has 0 aromatic heterocycles. The van der Waals surface area contributed by atoms with Crippen molar-refractivity contribution >= 4 is 13.3 Å². The van der Waals surface area contributed by atoms with Crippen LogP contribution >= 0.6 is 0 Å². The summed E-state index contributed by atoms with van der Waals surface area (Å²) in [4.78, 5) is 0. The van der Waals surface area contributed by atoms with Crippen molar-refractivity contribution in [2.24, 2.45) is 5.92 Å². The number of hydrogen-bond donors (Lipinski definition) is 0. The summed E-state index contributed by atoms with van der Waals surface area (Å²) in [5.41, 5.74) is 13.0. The first kappa shape index (κ1) is 24.3. The zero-order chi connectivity index (χ0) is 24.5. The highest BCUT2D eigenvalue weighted by Crippen LogP contribution is 2.44. The van der Waals surface area contributed by atoms with Crippen molar-refractivity contribution in [2.45, 2.75) is 98.2 Å². The van der Waals surface area contributed by atoms with Gasteiger partial charge in [-0.1, -0.05) is 122 Å². The normalized spacial score (nSPS) is 18.4. The van der Waals surface area contributed by atoms with E-state index in [9.17, 15) is 0 Å². The topological polar surface area (TPSA) is 0 Å². The Kier molecular flexibility index (Phi) is 5.76. The first-order valence-electron chi connectivity index (χ1n) is 12.8. The van der Waals surface area contributed by atoms with Crippen LogP contribution in [0.3, 0.4) is 0 Å². The minimum Gasteiger partial charge on any atom is -0.0762 e. The van der Waals surface area contributed by atoms with Crippen LogP contribution in [0.2, 0.25) is 18.6 Å². The maximum atomic E-state index is 2.61. The lowest BCUT2D eigenvalue weighted by Gasteiger charge is -2.34. The van der Waals surface area contributed by atoms with Gasteiger partial charge in [0.05, 0.1) is 8.07 Å². The Balaban J connectivity index is 1.93. The quantitative estimate of drug-likeness (QED) is 0.346. The van der Waals surface area contributed by atoms with Gasteiger partial charge in [0, 0.05) is 0 Å². The van der Waals surface area contributed by atoms with E-state index in [0.717, 1.165) is 6.42 Å². The average molecular weight is 457 g/mol. The van der Waals surface area contributed by atoms with Crippen molar-refractivity contribution in [1.82, 2.24) is 0 Å². The van der Waals surface area contributed by atoms with Crippen LogP contribution in [0.5, 0.6) is 0 Å². The zero-order valence-corrected chi connectivity index (χ0v) is 23.9. The summed E-state index contributed by atoms with van der Waals surface area (Å²) in [6.45, 7) is 26.3. The lowest BCUT2D eigenvalue weighted by atomic mass is 9.83. The van der Waals surface area contributed by atoms with Gasteiger partial charge in [0.1, 0.15) is 0 Å². The van der Waals surface area contributed by atoms with E-state index in [0.29, 0.717) is 11.5 Å². The zero-order valence-electron chi connectivity index (χ0n) is 22.9. The summed E-state index contributed by atoms with van der Waals surface area (Å²) in [5, 5.41) is 1.68. The van der Waals surface area contributed by atoms with E-state index >= 15 is 0 Å². The minimum absolute atomic E-state index is 0.137. The SMILES string of the molecule is CC1=CC(C(C)C)=CC1[Si](C)(C)c1cc(C(C)(C)C)cc2c1Cc1ccc(C(C)(C)C)cc1-2. The van der Waals surface area contributed by atoms with Gasteiger partial charge in [0.25, 0.3) is 0 Å². The molecule has 0 spiro atoms. The van der Waals surface area contributed by atoms with E-state index in [-0.39, 0.29) is 10.8 Å². The van der Waals surface area contributed by atoms with Crippen LogP contribution in [0.4, 0.5) is 0 Å². The molecule has 0 saturated carbocycles. The predicted octanol–water partition coefficient (Wildman–Crippen LogP) is 8.68. The first-order chi connectivity index (χ1) is 15.1. The van der Waals surface area contributed by atoms with E-state index in [4.69, 9.17) is 0 Å². The molecular weight excluding hydrogens is 412 g/mol. The largest absolute Gasteiger partial charge is 0.0919 e. The lowest BCUT2D eigenvalue weighted by Crippen LogP contribution is -2.48. The van der Waals surface area contributed by atoms with E-state index in [1.807, 2.05) is 0 Å². The third kappa shape index (κ3) is 4.23. The summed E-state index contributed by atoms with van der Waals surface area (Å²) >= 11 is 0. The molecule has 1 atom stereocenters. The number of allylic oxidation sites excluding steroid dienone is 4. The number of rotatable bonds is 3. The van der Waals surface area contributed by atoms with Crippen LogP contribution in [-0.2, 0) is 17.3 Å². The first-order valence-corrected chi connectivity index (χ1v) is 15.9. The molecule has 2 aromatic carbocycles. The third-order valence-electron chi connectivity index (χ3n) is 8.13. The highest BCUT2D eigenvalue weighted by atomic mass is 28.3. The second kappa shape index (κ2) is 7.84. The average Bonchev–Trinajstić information content (AvgIpc) is 3.26. The third-order valence-corrected chi connectivity index (χ3v) is 12.1. The maximum absolute atomic E-state index is 2.61. The molecule has 0 fully saturated rings. The van der Waals surface area contributed by atoms with Crippen LogP contribution < -0.4 is 5.19 Å². The smallest absolute Gasteiger partial charge is 0.0762 e. The standard InChI is InChI=1S/C32H44Si/c1-20(2)23-14-21(3)29(16-23)33(10,11)30-19-25(32(7,8)9)18-27-26-17-24(31(4,5)6)13-12-22(26)15-28(27)30/h12-14,16-20,29H,15H2,1-11H3. The second-order valence-electron chi connectivity index (χ2n) is 13.5. The fourth-order valence-corrected chi connectivity index (χ4v) is 9.47. The highest BCUT2D eigenvalue weighted by molar-refractivity contribution is 6.92. The Morgan fingerprint density at radius 1 is 0.848 bits per heavy atom. The van der Waals surface area contributed by atoms with Gasteiger partial charge >= 0.3 is 0 Å². The molecule has 33 heavy (non-hydrogen) atoms. The summed E-state index contributed by atoms with van der Waals surface area (Å²) in [6.07, 6.45) is 6.17. The Bertz CT molecular complexity index is 1160. The molecule has 0 amide bonds. The van der Waals surface area contributed by atoms with Gasteiger partial charge in [-0.05, 0) is 74.6 Å². The number of fused-ring (bicyclic) bond motifs is 3. The van der Waals surface area contributed by atoms with Crippen LogP contribution in [-0.4, -0.2) is 8.07 Å². The van der Waals surface area contributed by atoms with E-state index < -0.39 is 8.07 Å². The molecule has 0 aliphatic heterocycles. The van der Waals surface area contributed by atoms with Crippen LogP contribution in [0, 0.1) is 5.92 Å². The van der Waals surface area contributed by atoms with Gasteiger partial charge in [-0.15, -0.1) is 0 Å². The van der Waals surface area contributed by atoms with Crippen LogP contribution in [0.1, 0.15) is 84.6 Å². The van der Waals surface area contributed by atoms with E-state index in [1.165, 1.54) is 33.4 Å². The number of hydrogen-bond acceptors (Lipinski definition) is 0. The molecule has 0 heterocycles. The molecule has 0 saturated heterocycles. The Hall–Kier alpha value is -1.86. The lowest BCUT2D eigenvalue weighted by molar-refractivity contribution is 0.589. The molecule has 1 unspecified atom stereocenters. The van der Waals surface area contributed by atoms with Gasteiger partial charge in [0.15, 0.2) is 0 Å². The van der Waals surface area contributed by atoms with Crippen molar-refractivity contribution in [3.8, 4) is 11.1 Å². The highest BCUT2D eigenvalue weighted by Gasteiger charge is 2.40. The molecule has 0 radical (unpaired) electrons. The predicted molar refractivity (Wildman–Crippen MR) is 150 cm³/mol. The van der Waals surface area contributed by atoms with Crippen molar-refractivity contribution in [3.63, 3.8) is 0 Å². The summed E-state index contributed by atoms with van der Waals surface area (Å²) in [6, 6.07) is 12.4. The maximum Gasteiger partial charge on any atom is 0.0919 e. The molecule has 2 aliphatic carbocycles. The van der Waals surface area contributed by atoms with Crippen molar-refractivity contribution in [2.75, 3.05) is 0 Å². The summed E-state index contributed by atoms with van der Waals surface area (Å²) < 4.78 is 0. The van der Waals surface area contributed by atoms with Crippen molar-refractivity contribution in [1.29, 1.82) is 0 Å². The molecule has 0 bridgehead atoms. The molecular formula is C32H44Si. The minimum atomic E-state index is -1.80. The fraction of sp³-hybridized carbons (Fsp3) is 0.500. The Labute approximate surface area is 204 Å². The van der Waals surface area contributed by atoms with Crippen molar-refractivity contribution in [3.05, 3.63) is 75.9 Å². The molecule has 1 heteroatoms. The molecule has 0 nitrogen and oxygen atoms in total. The van der Waals surface area contributed by atoms with Crippen LogP contribution in [0.15, 0.2) is 53.6 Å². The van der Waals surface area contributed by atoms with Crippen molar-refractivity contribution < 1.29 is 0 Å². The Morgan fingerprint density at radius 2 is 1.45 bits per heavy atom. The van der Waals surface area contributed by atoms with Gasteiger partial charge in [0.2, 0.25) is 0 Å². The van der Waals surface area contributed by atoms with Gasteiger partial charge < -0.3 is 0 Å². The summed E-state index contributed by atoms with van der Waals surface area (Å²) in [5.74, 6) is 0.599. The van der Waals surface area contributed by atoms with Gasteiger partial charge in [-0.3, -0.25) is 0 Å². The number of benzene rings is 2. The molecule has 0 N–H and O–H groups in total. The molecule has 2 aromatic rings. The molecule has 176 valence electrons. The summed E-state index contributed by atoms with van der Waals surface area (Å²) in [7, 11) is -1.80. The van der Waals surface area contributed by atoms with Crippen LogP contribution in [0.25, 0.3) is 11.1 Å². The van der Waals surface area contributed by atoms with E-state index in [1.54, 1.807) is 16.3 Å². The van der Waals surface area contributed by atoms with Gasteiger partial charge in [-0.2, -0.15) is 0 Å². The van der Waals surface area contributed by atoms with Gasteiger partial charge in [-0.25, -0.2) is 0 Å². The fourth-order valence-electron chi connectivity index (χ4n) is 5.78.